The summed E-state index contributed by atoms with van der Waals surface area (Å²) in [7, 11) is 0. The van der Waals surface area contributed by atoms with Gasteiger partial charge in [0.15, 0.2) is 0 Å². The number of H-pyrrole nitrogens is 1. The summed E-state index contributed by atoms with van der Waals surface area (Å²) < 4.78 is 41.4. The van der Waals surface area contributed by atoms with Gasteiger partial charge in [-0.25, -0.2) is 4.79 Å². The maximum absolute atomic E-state index is 12.4. The predicted octanol–water partition coefficient (Wildman–Crippen LogP) is 3.12. The second-order valence-corrected chi connectivity index (χ2v) is 4.55. The minimum atomic E-state index is -4.70. The van der Waals surface area contributed by atoms with Crippen molar-refractivity contribution in [1.29, 1.82) is 0 Å². The number of anilines is 2. The Bertz CT molecular complexity index is 826. The van der Waals surface area contributed by atoms with Crippen LogP contribution in [-0.2, 0) is 6.18 Å². The standard InChI is InChI=1S/C13H9F3N6O2/c14-13(15,16)11-20-10(22-24-11)7-1-3-8(4-2-7)18-12(23)19-9-5-6-17-21-9/h1-6H,(H3,17,18,19,21,23). The van der Waals surface area contributed by atoms with Crippen molar-refractivity contribution in [2.75, 3.05) is 10.6 Å². The highest BCUT2D eigenvalue weighted by Gasteiger charge is 2.38. The van der Waals surface area contributed by atoms with Crippen molar-refractivity contribution in [2.24, 2.45) is 0 Å². The lowest BCUT2D eigenvalue weighted by molar-refractivity contribution is -0.159. The van der Waals surface area contributed by atoms with Crippen LogP contribution in [0, 0.1) is 0 Å². The first-order chi connectivity index (χ1) is 11.4. The van der Waals surface area contributed by atoms with Crippen molar-refractivity contribution < 1.29 is 22.5 Å². The third-order valence-electron chi connectivity index (χ3n) is 2.82. The van der Waals surface area contributed by atoms with E-state index in [1.807, 2.05) is 0 Å². The molecule has 2 aromatic heterocycles. The fourth-order valence-electron chi connectivity index (χ4n) is 1.77. The SMILES string of the molecule is O=C(Nc1ccc(-c2noc(C(F)(F)F)n2)cc1)Nc1ccn[nH]1. The van der Waals surface area contributed by atoms with Gasteiger partial charge >= 0.3 is 18.1 Å². The number of aromatic nitrogens is 4. The smallest absolute Gasteiger partial charge is 0.329 e. The molecule has 1 aromatic carbocycles. The fourth-order valence-corrected chi connectivity index (χ4v) is 1.77. The Labute approximate surface area is 132 Å². The van der Waals surface area contributed by atoms with Gasteiger partial charge in [-0.05, 0) is 24.3 Å². The highest BCUT2D eigenvalue weighted by molar-refractivity contribution is 5.99. The Morgan fingerprint density at radius 1 is 1.12 bits per heavy atom. The van der Waals surface area contributed by atoms with E-state index >= 15 is 0 Å². The van der Waals surface area contributed by atoms with E-state index in [-0.39, 0.29) is 5.82 Å². The van der Waals surface area contributed by atoms with Gasteiger partial charge in [0.1, 0.15) is 5.82 Å². The third kappa shape index (κ3) is 3.51. The molecule has 3 aromatic rings. The van der Waals surface area contributed by atoms with Gasteiger partial charge in [-0.3, -0.25) is 10.4 Å². The molecule has 0 aliphatic carbocycles. The van der Waals surface area contributed by atoms with Gasteiger partial charge in [0, 0.05) is 17.3 Å². The van der Waals surface area contributed by atoms with Gasteiger partial charge < -0.3 is 9.84 Å². The maximum atomic E-state index is 12.4. The number of carbonyl (C=O) groups excluding carboxylic acids is 1. The zero-order valence-electron chi connectivity index (χ0n) is 11.8. The predicted molar refractivity (Wildman–Crippen MR) is 76.0 cm³/mol. The highest BCUT2D eigenvalue weighted by atomic mass is 19.4. The number of nitrogens with zero attached hydrogens (tertiary/aromatic N) is 3. The van der Waals surface area contributed by atoms with Gasteiger partial charge in [-0.1, -0.05) is 5.16 Å². The third-order valence-corrected chi connectivity index (χ3v) is 2.82. The summed E-state index contributed by atoms with van der Waals surface area (Å²) in [6, 6.07) is 6.95. The van der Waals surface area contributed by atoms with Crippen LogP contribution in [0.15, 0.2) is 41.1 Å². The quantitative estimate of drug-likeness (QED) is 0.680. The second kappa shape index (κ2) is 6.02. The van der Waals surface area contributed by atoms with Crippen LogP contribution in [0.2, 0.25) is 0 Å². The minimum absolute atomic E-state index is 0.198. The number of benzene rings is 1. The van der Waals surface area contributed by atoms with E-state index in [0.29, 0.717) is 17.1 Å². The Morgan fingerprint density at radius 3 is 2.46 bits per heavy atom. The lowest BCUT2D eigenvalue weighted by Gasteiger charge is -2.06. The number of rotatable bonds is 3. The molecule has 2 amide bonds. The molecule has 0 aliphatic heterocycles. The van der Waals surface area contributed by atoms with Crippen LogP contribution in [-0.4, -0.2) is 26.4 Å². The first kappa shape index (κ1) is 15.5. The van der Waals surface area contributed by atoms with Crippen molar-refractivity contribution in [2.45, 2.75) is 6.18 Å². The number of urea groups is 1. The summed E-state index contributed by atoms with van der Waals surface area (Å²) in [4.78, 5) is 15.0. The van der Waals surface area contributed by atoms with Gasteiger partial charge in [-0.2, -0.15) is 23.3 Å². The minimum Gasteiger partial charge on any atom is -0.329 e. The summed E-state index contributed by atoms with van der Waals surface area (Å²) in [5.74, 6) is -1.20. The lowest BCUT2D eigenvalue weighted by atomic mass is 10.2. The van der Waals surface area contributed by atoms with Crippen molar-refractivity contribution in [3.63, 3.8) is 0 Å². The van der Waals surface area contributed by atoms with Crippen LogP contribution < -0.4 is 10.6 Å². The topological polar surface area (TPSA) is 109 Å². The number of halogens is 3. The average Bonchev–Trinajstić information content (AvgIpc) is 3.18. The molecule has 124 valence electrons. The van der Waals surface area contributed by atoms with E-state index in [4.69, 9.17) is 0 Å². The number of alkyl halides is 3. The van der Waals surface area contributed by atoms with Crippen LogP contribution in [0.5, 0.6) is 0 Å². The summed E-state index contributed by atoms with van der Waals surface area (Å²) in [6.07, 6.45) is -3.22. The number of hydrogen-bond acceptors (Lipinski definition) is 5. The molecule has 24 heavy (non-hydrogen) atoms. The molecule has 0 radical (unpaired) electrons. The van der Waals surface area contributed by atoms with Gasteiger partial charge in [0.25, 0.3) is 0 Å². The first-order valence-corrected chi connectivity index (χ1v) is 6.50. The molecule has 3 rings (SSSR count). The molecule has 0 bridgehead atoms. The number of nitrogens with one attached hydrogen (secondary N) is 3. The molecule has 3 N–H and O–H groups in total. The molecule has 8 nitrogen and oxygen atoms in total. The molecule has 0 atom stereocenters. The van der Waals surface area contributed by atoms with Gasteiger partial charge in [0.2, 0.25) is 5.82 Å². The Kier molecular flexibility index (Phi) is 3.90. The van der Waals surface area contributed by atoms with E-state index in [2.05, 4.69) is 35.5 Å². The lowest BCUT2D eigenvalue weighted by Crippen LogP contribution is -2.19. The van der Waals surface area contributed by atoms with Crippen LogP contribution in [0.25, 0.3) is 11.4 Å². The number of carbonyl (C=O) groups is 1. The fraction of sp³-hybridized carbons (Fsp3) is 0.0769. The molecule has 0 saturated carbocycles. The second-order valence-electron chi connectivity index (χ2n) is 4.55. The number of amides is 2. The van der Waals surface area contributed by atoms with Crippen molar-refractivity contribution in [3.05, 3.63) is 42.4 Å². The molecule has 0 spiro atoms. The molecular weight excluding hydrogens is 329 g/mol. The molecule has 0 fully saturated rings. The van der Waals surface area contributed by atoms with E-state index in [1.165, 1.54) is 30.5 Å². The van der Waals surface area contributed by atoms with Crippen LogP contribution >= 0.6 is 0 Å². The summed E-state index contributed by atoms with van der Waals surface area (Å²) in [6.45, 7) is 0. The Morgan fingerprint density at radius 2 is 1.88 bits per heavy atom. The molecular formula is C13H9F3N6O2. The maximum Gasteiger partial charge on any atom is 0.471 e. The molecule has 0 aliphatic rings. The van der Waals surface area contributed by atoms with Crippen molar-refractivity contribution in [1.82, 2.24) is 20.3 Å². The van der Waals surface area contributed by atoms with E-state index < -0.39 is 18.1 Å². The largest absolute Gasteiger partial charge is 0.471 e. The van der Waals surface area contributed by atoms with Crippen LogP contribution in [0.3, 0.4) is 0 Å². The first-order valence-electron chi connectivity index (χ1n) is 6.50. The van der Waals surface area contributed by atoms with Gasteiger partial charge in [0.05, 0.1) is 6.20 Å². The molecule has 0 unspecified atom stereocenters. The van der Waals surface area contributed by atoms with Crippen molar-refractivity contribution in [3.8, 4) is 11.4 Å². The molecule has 0 saturated heterocycles. The van der Waals surface area contributed by atoms with Crippen molar-refractivity contribution >= 4 is 17.5 Å². The normalized spacial score (nSPS) is 11.3. The summed E-state index contributed by atoms with van der Waals surface area (Å²) in [5.41, 5.74) is 0.740. The zero-order chi connectivity index (χ0) is 17.2. The zero-order valence-corrected chi connectivity index (χ0v) is 11.8. The van der Waals surface area contributed by atoms with E-state index in [0.717, 1.165) is 0 Å². The molecule has 11 heteroatoms. The van der Waals surface area contributed by atoms with E-state index in [1.54, 1.807) is 6.07 Å². The molecule has 2 heterocycles. The number of hydrogen-bond donors (Lipinski definition) is 3. The summed E-state index contributed by atoms with van der Waals surface area (Å²) in [5, 5.41) is 14.6. The monoisotopic (exact) mass is 338 g/mol. The highest BCUT2D eigenvalue weighted by Crippen LogP contribution is 2.29. The van der Waals surface area contributed by atoms with Crippen LogP contribution in [0.4, 0.5) is 29.5 Å². The Hall–Kier alpha value is -3.37. The Balaban J connectivity index is 1.67. The van der Waals surface area contributed by atoms with Crippen LogP contribution in [0.1, 0.15) is 5.89 Å². The summed E-state index contributed by atoms with van der Waals surface area (Å²) >= 11 is 0. The number of aromatic amines is 1. The van der Waals surface area contributed by atoms with Gasteiger partial charge in [-0.15, -0.1) is 0 Å². The van der Waals surface area contributed by atoms with E-state index in [9.17, 15) is 18.0 Å². The average molecular weight is 338 g/mol.